The Balaban J connectivity index is 1.31. The molecule has 2 fully saturated rings. The molecule has 1 aliphatic carbocycles. The van der Waals surface area contributed by atoms with E-state index in [1.54, 1.807) is 14.2 Å². The first-order valence-electron chi connectivity index (χ1n) is 11.8. The number of nitrogens with zero attached hydrogens (tertiary/aromatic N) is 7. The summed E-state index contributed by atoms with van der Waals surface area (Å²) in [5.41, 5.74) is 7.02. The predicted octanol–water partition coefficient (Wildman–Crippen LogP) is 2.72. The molecule has 10 nitrogen and oxygen atoms in total. The number of aromatic nitrogens is 4. The Morgan fingerprint density at radius 2 is 1.62 bits per heavy atom. The van der Waals surface area contributed by atoms with Crippen LogP contribution in [0.5, 0.6) is 11.5 Å². The van der Waals surface area contributed by atoms with Crippen molar-refractivity contribution in [3.63, 3.8) is 0 Å². The zero-order valence-electron chi connectivity index (χ0n) is 20.1. The van der Waals surface area contributed by atoms with Crippen LogP contribution in [0, 0.1) is 0 Å². The Hall–Kier alpha value is -3.56. The van der Waals surface area contributed by atoms with E-state index in [1.165, 1.54) is 25.7 Å². The number of ether oxygens (including phenoxy) is 2. The highest BCUT2D eigenvalue weighted by Crippen LogP contribution is 2.34. The minimum Gasteiger partial charge on any atom is -0.493 e. The maximum absolute atomic E-state index is 6.29. The van der Waals surface area contributed by atoms with Crippen LogP contribution in [0.15, 0.2) is 24.4 Å². The van der Waals surface area contributed by atoms with E-state index in [0.29, 0.717) is 29.3 Å². The number of methoxy groups -OCH3 is 2. The summed E-state index contributed by atoms with van der Waals surface area (Å²) in [7, 11) is 5.32. The van der Waals surface area contributed by atoms with Crippen LogP contribution in [0.1, 0.15) is 25.7 Å². The van der Waals surface area contributed by atoms with Crippen molar-refractivity contribution in [1.82, 2.24) is 19.9 Å². The number of rotatable bonds is 6. The zero-order valence-corrected chi connectivity index (χ0v) is 20.1. The number of benzene rings is 1. The molecule has 180 valence electrons. The van der Waals surface area contributed by atoms with Crippen molar-refractivity contribution in [2.75, 3.05) is 67.9 Å². The first-order chi connectivity index (χ1) is 16.6. The smallest absolute Gasteiger partial charge is 0.228 e. The molecule has 0 spiro atoms. The maximum Gasteiger partial charge on any atom is 0.228 e. The van der Waals surface area contributed by atoms with E-state index in [0.717, 1.165) is 48.8 Å². The molecule has 2 aliphatic rings. The molecule has 0 amide bonds. The van der Waals surface area contributed by atoms with Crippen molar-refractivity contribution < 1.29 is 9.47 Å². The standard InChI is InChI=1S/C24H32N8O2/c1-30(16-6-4-5-7-16)23-26-9-8-21(28-23)31-10-12-32(13-11-31)24-27-18-15-20(34-3)19(33-2)14-17(18)22(25)29-24/h8-9,14-16H,4-7,10-13H2,1-3H3,(H2,25,27,29). The second-order valence-corrected chi connectivity index (χ2v) is 8.87. The van der Waals surface area contributed by atoms with E-state index in [9.17, 15) is 0 Å². The summed E-state index contributed by atoms with van der Waals surface area (Å²) in [4.78, 5) is 25.5. The number of nitrogen functional groups attached to an aromatic ring is 1. The molecule has 1 saturated heterocycles. The maximum atomic E-state index is 6.29. The summed E-state index contributed by atoms with van der Waals surface area (Å²) in [5, 5.41) is 0.750. The van der Waals surface area contributed by atoms with Crippen molar-refractivity contribution >= 4 is 34.4 Å². The van der Waals surface area contributed by atoms with Crippen LogP contribution in [0.3, 0.4) is 0 Å². The van der Waals surface area contributed by atoms with Gasteiger partial charge in [0.2, 0.25) is 11.9 Å². The van der Waals surface area contributed by atoms with Crippen LogP contribution < -0.4 is 29.9 Å². The largest absolute Gasteiger partial charge is 0.493 e. The van der Waals surface area contributed by atoms with Crippen molar-refractivity contribution in [1.29, 1.82) is 0 Å². The number of hydrogen-bond acceptors (Lipinski definition) is 10. The molecule has 10 heteroatoms. The van der Waals surface area contributed by atoms with Crippen LogP contribution in [0.2, 0.25) is 0 Å². The molecule has 1 aliphatic heterocycles. The Bertz CT molecular complexity index is 1160. The van der Waals surface area contributed by atoms with Crippen molar-refractivity contribution in [2.45, 2.75) is 31.7 Å². The monoisotopic (exact) mass is 464 g/mol. The molecule has 2 aromatic heterocycles. The lowest BCUT2D eigenvalue weighted by Gasteiger charge is -2.36. The fourth-order valence-corrected chi connectivity index (χ4v) is 4.88. The van der Waals surface area contributed by atoms with Crippen LogP contribution >= 0.6 is 0 Å². The number of anilines is 4. The third-order valence-corrected chi connectivity index (χ3v) is 6.92. The lowest BCUT2D eigenvalue weighted by molar-refractivity contribution is 0.356. The SMILES string of the molecule is COc1cc2nc(N3CCN(c4ccnc(N(C)C5CCCC5)n4)CC3)nc(N)c2cc1OC. The molecule has 1 saturated carbocycles. The Labute approximate surface area is 199 Å². The van der Waals surface area contributed by atoms with Gasteiger partial charge in [-0.25, -0.2) is 9.97 Å². The van der Waals surface area contributed by atoms with Gasteiger partial charge in [0.05, 0.1) is 19.7 Å². The molecule has 3 aromatic rings. The lowest BCUT2D eigenvalue weighted by atomic mass is 10.2. The summed E-state index contributed by atoms with van der Waals surface area (Å²) < 4.78 is 10.8. The molecular formula is C24H32N8O2. The van der Waals surface area contributed by atoms with Gasteiger partial charge in [-0.15, -0.1) is 0 Å². The van der Waals surface area contributed by atoms with Gasteiger partial charge in [-0.2, -0.15) is 9.97 Å². The van der Waals surface area contributed by atoms with E-state index in [2.05, 4.69) is 31.7 Å². The summed E-state index contributed by atoms with van der Waals surface area (Å²) in [6.45, 7) is 3.18. The first-order valence-corrected chi connectivity index (χ1v) is 11.8. The fraction of sp³-hybridized carbons (Fsp3) is 0.500. The molecule has 3 heterocycles. The minimum atomic E-state index is 0.429. The van der Waals surface area contributed by atoms with Gasteiger partial charge in [0.25, 0.3) is 0 Å². The Morgan fingerprint density at radius 1 is 0.941 bits per heavy atom. The normalized spacial score (nSPS) is 16.8. The zero-order chi connectivity index (χ0) is 23.7. The average Bonchev–Trinajstić information content (AvgIpc) is 3.43. The fourth-order valence-electron chi connectivity index (χ4n) is 4.88. The third kappa shape index (κ3) is 4.20. The summed E-state index contributed by atoms with van der Waals surface area (Å²) in [6, 6.07) is 6.20. The number of nitrogens with two attached hydrogens (primary N) is 1. The van der Waals surface area contributed by atoms with Crippen LogP contribution in [0.4, 0.5) is 23.5 Å². The summed E-state index contributed by atoms with van der Waals surface area (Å²) in [6.07, 6.45) is 6.88. The van der Waals surface area contributed by atoms with Crippen LogP contribution in [-0.2, 0) is 0 Å². The predicted molar refractivity (Wildman–Crippen MR) is 134 cm³/mol. The van der Waals surface area contributed by atoms with E-state index in [4.69, 9.17) is 25.2 Å². The van der Waals surface area contributed by atoms with Crippen molar-refractivity contribution in [3.8, 4) is 11.5 Å². The van der Waals surface area contributed by atoms with Gasteiger partial charge in [0.1, 0.15) is 11.6 Å². The van der Waals surface area contributed by atoms with Gasteiger partial charge in [-0.1, -0.05) is 12.8 Å². The highest BCUT2D eigenvalue weighted by molar-refractivity contribution is 5.91. The van der Waals surface area contributed by atoms with E-state index < -0.39 is 0 Å². The number of hydrogen-bond donors (Lipinski definition) is 1. The Morgan fingerprint density at radius 3 is 2.32 bits per heavy atom. The number of fused-ring (bicyclic) bond motifs is 1. The van der Waals surface area contributed by atoms with Crippen LogP contribution in [-0.4, -0.2) is 73.4 Å². The van der Waals surface area contributed by atoms with Crippen molar-refractivity contribution in [2.24, 2.45) is 0 Å². The third-order valence-electron chi connectivity index (χ3n) is 6.92. The molecule has 0 bridgehead atoms. The molecule has 34 heavy (non-hydrogen) atoms. The van der Waals surface area contributed by atoms with Gasteiger partial charge in [0, 0.05) is 56.9 Å². The summed E-state index contributed by atoms with van der Waals surface area (Å²) >= 11 is 0. The average molecular weight is 465 g/mol. The van der Waals surface area contributed by atoms with E-state index >= 15 is 0 Å². The molecule has 0 unspecified atom stereocenters. The highest BCUT2D eigenvalue weighted by Gasteiger charge is 2.24. The highest BCUT2D eigenvalue weighted by atomic mass is 16.5. The second kappa shape index (κ2) is 9.36. The topological polar surface area (TPSA) is 106 Å². The molecule has 5 rings (SSSR count). The van der Waals surface area contributed by atoms with Crippen LogP contribution in [0.25, 0.3) is 10.9 Å². The van der Waals surface area contributed by atoms with E-state index in [1.807, 2.05) is 24.4 Å². The van der Waals surface area contributed by atoms with Gasteiger partial charge in [0.15, 0.2) is 11.5 Å². The van der Waals surface area contributed by atoms with Gasteiger partial charge < -0.3 is 29.9 Å². The first kappa shape index (κ1) is 22.2. The molecule has 0 radical (unpaired) electrons. The van der Waals surface area contributed by atoms with Gasteiger partial charge in [-0.05, 0) is 25.0 Å². The number of piperazine rings is 1. The van der Waals surface area contributed by atoms with Crippen molar-refractivity contribution in [3.05, 3.63) is 24.4 Å². The van der Waals surface area contributed by atoms with E-state index in [-0.39, 0.29) is 0 Å². The molecular weight excluding hydrogens is 432 g/mol. The quantitative estimate of drug-likeness (QED) is 0.585. The van der Waals surface area contributed by atoms with Gasteiger partial charge >= 0.3 is 0 Å². The molecule has 2 N–H and O–H groups in total. The Kier molecular flexibility index (Phi) is 6.12. The summed E-state index contributed by atoms with van der Waals surface area (Å²) in [5.74, 6) is 4.05. The minimum absolute atomic E-state index is 0.429. The second-order valence-electron chi connectivity index (χ2n) is 8.87. The van der Waals surface area contributed by atoms with Gasteiger partial charge in [-0.3, -0.25) is 0 Å². The molecule has 0 atom stereocenters. The molecule has 1 aromatic carbocycles. The lowest BCUT2D eigenvalue weighted by Crippen LogP contribution is -2.47.